The molecule has 1 fully saturated rings. The highest BCUT2D eigenvalue weighted by Gasteiger charge is 2.28. The van der Waals surface area contributed by atoms with Gasteiger partial charge in [0.2, 0.25) is 10.0 Å². The van der Waals surface area contributed by atoms with Crippen LogP contribution in [0.15, 0.2) is 23.1 Å². The third kappa shape index (κ3) is 3.39. The summed E-state index contributed by atoms with van der Waals surface area (Å²) in [5.41, 5.74) is -0.232. The standard InChI is InChI=1S/C10H12ClN3O4S.ClH/c11-9-7-8(14(15)16)1-2-10(9)19(17,18)13-5-3-12-4-6-13;/h1-2,7,12H,3-6H2;1H. The zero-order valence-electron chi connectivity index (χ0n) is 10.3. The van der Waals surface area contributed by atoms with E-state index in [2.05, 4.69) is 5.32 Å². The smallest absolute Gasteiger partial charge is 0.271 e. The zero-order valence-corrected chi connectivity index (χ0v) is 12.7. The molecule has 1 aliphatic rings. The number of nitrogens with zero attached hydrogens (tertiary/aromatic N) is 2. The van der Waals surface area contributed by atoms with Crippen molar-refractivity contribution in [2.75, 3.05) is 26.2 Å². The lowest BCUT2D eigenvalue weighted by molar-refractivity contribution is -0.384. The van der Waals surface area contributed by atoms with E-state index in [1.54, 1.807) is 0 Å². The largest absolute Gasteiger partial charge is 0.314 e. The number of nitro groups is 1. The molecule has 1 N–H and O–H groups in total. The summed E-state index contributed by atoms with van der Waals surface area (Å²) in [6.45, 7) is 1.86. The van der Waals surface area contributed by atoms with Gasteiger partial charge in [0.15, 0.2) is 0 Å². The van der Waals surface area contributed by atoms with Crippen LogP contribution in [-0.4, -0.2) is 43.8 Å². The number of sulfonamides is 1. The molecule has 0 radical (unpaired) electrons. The van der Waals surface area contributed by atoms with Crippen molar-refractivity contribution in [2.45, 2.75) is 4.90 Å². The Kier molecular flexibility index (Phi) is 5.72. The van der Waals surface area contributed by atoms with Crippen molar-refractivity contribution in [3.8, 4) is 0 Å². The summed E-state index contributed by atoms with van der Waals surface area (Å²) in [6.07, 6.45) is 0. The molecule has 20 heavy (non-hydrogen) atoms. The van der Waals surface area contributed by atoms with Crippen LogP contribution in [0.2, 0.25) is 5.02 Å². The van der Waals surface area contributed by atoms with Gasteiger partial charge in [-0.25, -0.2) is 8.42 Å². The summed E-state index contributed by atoms with van der Waals surface area (Å²) < 4.78 is 26.0. The van der Waals surface area contributed by atoms with E-state index in [9.17, 15) is 18.5 Å². The number of nitro benzene ring substituents is 1. The van der Waals surface area contributed by atoms with Crippen molar-refractivity contribution in [1.29, 1.82) is 0 Å². The van der Waals surface area contributed by atoms with E-state index >= 15 is 0 Å². The molecule has 10 heteroatoms. The van der Waals surface area contributed by atoms with Gasteiger partial charge < -0.3 is 5.32 Å². The van der Waals surface area contributed by atoms with Gasteiger partial charge in [0.1, 0.15) is 4.90 Å². The van der Waals surface area contributed by atoms with Crippen molar-refractivity contribution >= 4 is 39.7 Å². The molecule has 1 saturated heterocycles. The topological polar surface area (TPSA) is 92.5 Å². The molecule has 0 bridgehead atoms. The van der Waals surface area contributed by atoms with Gasteiger partial charge in [-0.1, -0.05) is 11.6 Å². The third-order valence-corrected chi connectivity index (χ3v) is 5.20. The first-order valence-corrected chi connectivity index (χ1v) is 7.39. The van der Waals surface area contributed by atoms with Crippen LogP contribution in [0.5, 0.6) is 0 Å². The Morgan fingerprint density at radius 2 is 1.90 bits per heavy atom. The molecule has 112 valence electrons. The van der Waals surface area contributed by atoms with Crippen LogP contribution in [0.4, 0.5) is 5.69 Å². The number of rotatable bonds is 3. The molecular weight excluding hydrogens is 329 g/mol. The Labute approximate surface area is 127 Å². The van der Waals surface area contributed by atoms with E-state index in [1.807, 2.05) is 0 Å². The molecule has 0 saturated carbocycles. The Morgan fingerprint density at radius 3 is 2.40 bits per heavy atom. The van der Waals surface area contributed by atoms with Crippen LogP contribution in [-0.2, 0) is 10.0 Å². The molecule has 1 aromatic carbocycles. The molecule has 0 aromatic heterocycles. The number of piperazine rings is 1. The lowest BCUT2D eigenvalue weighted by Gasteiger charge is -2.26. The van der Waals surface area contributed by atoms with Crippen LogP contribution in [0.3, 0.4) is 0 Å². The third-order valence-electron chi connectivity index (χ3n) is 2.82. The highest BCUT2D eigenvalue weighted by Crippen LogP contribution is 2.28. The molecule has 0 spiro atoms. The summed E-state index contributed by atoms with van der Waals surface area (Å²) in [6, 6.07) is 3.37. The molecule has 0 aliphatic carbocycles. The minimum atomic E-state index is -3.70. The summed E-state index contributed by atoms with van der Waals surface area (Å²) in [5.74, 6) is 0. The summed E-state index contributed by atoms with van der Waals surface area (Å²) in [4.78, 5) is 9.88. The Morgan fingerprint density at radius 1 is 1.30 bits per heavy atom. The van der Waals surface area contributed by atoms with E-state index in [4.69, 9.17) is 11.6 Å². The zero-order chi connectivity index (χ0) is 14.0. The SMILES string of the molecule is Cl.O=[N+]([O-])c1ccc(S(=O)(=O)N2CCNCC2)c(Cl)c1. The predicted octanol–water partition coefficient (Wildman–Crippen LogP) is 1.26. The fourth-order valence-electron chi connectivity index (χ4n) is 1.84. The average Bonchev–Trinajstić information content (AvgIpc) is 2.39. The van der Waals surface area contributed by atoms with E-state index < -0.39 is 14.9 Å². The molecule has 7 nitrogen and oxygen atoms in total. The number of non-ortho nitro benzene ring substituents is 1. The van der Waals surface area contributed by atoms with Crippen LogP contribution in [0, 0.1) is 10.1 Å². The number of hydrogen-bond acceptors (Lipinski definition) is 5. The number of benzene rings is 1. The lowest BCUT2D eigenvalue weighted by Crippen LogP contribution is -2.46. The quantitative estimate of drug-likeness (QED) is 0.660. The minimum absolute atomic E-state index is 0. The normalized spacial score (nSPS) is 16.4. The van der Waals surface area contributed by atoms with Crippen molar-refractivity contribution in [2.24, 2.45) is 0 Å². The second-order valence-corrected chi connectivity index (χ2v) is 6.34. The van der Waals surface area contributed by atoms with Crippen molar-refractivity contribution in [3.05, 3.63) is 33.3 Å². The first-order valence-electron chi connectivity index (χ1n) is 5.58. The second kappa shape index (κ2) is 6.68. The Hall–Kier alpha value is -0.930. The first kappa shape index (κ1) is 17.1. The van der Waals surface area contributed by atoms with E-state index in [0.29, 0.717) is 26.2 Å². The number of halogens is 2. The van der Waals surface area contributed by atoms with Crippen molar-refractivity contribution < 1.29 is 13.3 Å². The molecule has 0 atom stereocenters. The van der Waals surface area contributed by atoms with Gasteiger partial charge >= 0.3 is 0 Å². The summed E-state index contributed by atoms with van der Waals surface area (Å²) in [7, 11) is -3.70. The highest BCUT2D eigenvalue weighted by molar-refractivity contribution is 7.89. The van der Waals surface area contributed by atoms with Crippen molar-refractivity contribution in [1.82, 2.24) is 9.62 Å². The molecule has 0 amide bonds. The maximum atomic E-state index is 12.3. The van der Waals surface area contributed by atoms with E-state index in [1.165, 1.54) is 10.4 Å². The molecule has 1 aromatic rings. The summed E-state index contributed by atoms with van der Waals surface area (Å²) >= 11 is 5.85. The van der Waals surface area contributed by atoms with Gasteiger partial charge in [-0.3, -0.25) is 10.1 Å². The maximum Gasteiger partial charge on any atom is 0.271 e. The Bertz CT molecular complexity index is 603. The molecule has 1 heterocycles. The second-order valence-electron chi connectivity index (χ2n) is 4.03. The van der Waals surface area contributed by atoms with Gasteiger partial charge in [0.05, 0.1) is 9.95 Å². The highest BCUT2D eigenvalue weighted by atomic mass is 35.5. The molecular formula is C10H13Cl2N3O4S. The fraction of sp³-hybridized carbons (Fsp3) is 0.400. The first-order chi connectivity index (χ1) is 8.93. The van der Waals surface area contributed by atoms with Gasteiger partial charge in [0.25, 0.3) is 5.69 Å². The number of nitrogens with one attached hydrogen (secondary N) is 1. The van der Waals surface area contributed by atoms with Crippen LogP contribution in [0.25, 0.3) is 0 Å². The fourth-order valence-corrected chi connectivity index (χ4v) is 3.79. The number of hydrogen-bond donors (Lipinski definition) is 1. The monoisotopic (exact) mass is 341 g/mol. The maximum absolute atomic E-state index is 12.3. The molecule has 0 unspecified atom stereocenters. The lowest BCUT2D eigenvalue weighted by atomic mass is 10.3. The van der Waals surface area contributed by atoms with Crippen LogP contribution < -0.4 is 5.32 Å². The van der Waals surface area contributed by atoms with Crippen LogP contribution >= 0.6 is 24.0 Å². The van der Waals surface area contributed by atoms with Crippen LogP contribution in [0.1, 0.15) is 0 Å². The average molecular weight is 342 g/mol. The predicted molar refractivity (Wildman–Crippen MR) is 77.0 cm³/mol. The van der Waals surface area contributed by atoms with Gasteiger partial charge in [0, 0.05) is 38.3 Å². The molecule has 2 rings (SSSR count). The molecule has 1 aliphatic heterocycles. The summed E-state index contributed by atoms with van der Waals surface area (Å²) in [5, 5.41) is 13.5. The van der Waals surface area contributed by atoms with Crippen molar-refractivity contribution in [3.63, 3.8) is 0 Å². The van der Waals surface area contributed by atoms with Gasteiger partial charge in [-0.05, 0) is 6.07 Å². The minimum Gasteiger partial charge on any atom is -0.314 e. The van der Waals surface area contributed by atoms with E-state index in [0.717, 1.165) is 12.1 Å². The van der Waals surface area contributed by atoms with E-state index in [-0.39, 0.29) is 28.0 Å². The van der Waals surface area contributed by atoms with Gasteiger partial charge in [-0.15, -0.1) is 12.4 Å². The Balaban J connectivity index is 0.00000200. The van der Waals surface area contributed by atoms with Gasteiger partial charge in [-0.2, -0.15) is 4.31 Å².